The Bertz CT molecular complexity index is 144. The molecule has 1 fully saturated rings. The summed E-state index contributed by atoms with van der Waals surface area (Å²) in [6.07, 6.45) is 0. The molecule has 1 rings (SSSR count). The molecule has 62 valence electrons. The first-order chi connectivity index (χ1) is 5.33. The zero-order valence-electron chi connectivity index (χ0n) is 7.01. The highest BCUT2D eigenvalue weighted by Gasteiger charge is 2.11. The Hall–Kier alpha value is -0.590. The van der Waals surface area contributed by atoms with Crippen LogP contribution >= 0.6 is 0 Å². The minimum atomic E-state index is 0.174. The van der Waals surface area contributed by atoms with Crippen LogP contribution in [0.25, 0.3) is 0 Å². The predicted molar refractivity (Wildman–Crippen MR) is 44.1 cm³/mol. The lowest BCUT2D eigenvalue weighted by molar-refractivity contribution is 0.226. The Morgan fingerprint density at radius 3 is 2.73 bits per heavy atom. The van der Waals surface area contributed by atoms with E-state index in [1.807, 2.05) is 6.92 Å². The molecule has 0 aromatic carbocycles. The summed E-state index contributed by atoms with van der Waals surface area (Å²) < 4.78 is 0. The van der Waals surface area contributed by atoms with Crippen LogP contribution in [0.4, 0.5) is 0 Å². The molecule has 1 aliphatic heterocycles. The molecule has 0 aromatic heterocycles. The van der Waals surface area contributed by atoms with Crippen molar-refractivity contribution in [1.82, 2.24) is 10.2 Å². The zero-order valence-corrected chi connectivity index (χ0v) is 7.01. The van der Waals surface area contributed by atoms with Gasteiger partial charge in [0.15, 0.2) is 0 Å². The van der Waals surface area contributed by atoms with Crippen LogP contribution in [0.15, 0.2) is 0 Å². The molecule has 1 saturated heterocycles. The third kappa shape index (κ3) is 2.87. The van der Waals surface area contributed by atoms with E-state index in [9.17, 15) is 0 Å². The first-order valence-electron chi connectivity index (χ1n) is 4.15. The molecule has 3 heteroatoms. The van der Waals surface area contributed by atoms with Gasteiger partial charge in [0.2, 0.25) is 0 Å². The van der Waals surface area contributed by atoms with Gasteiger partial charge in [0.05, 0.1) is 12.0 Å². The topological polar surface area (TPSA) is 39.1 Å². The highest BCUT2D eigenvalue weighted by atomic mass is 15.2. The Morgan fingerprint density at radius 1 is 1.55 bits per heavy atom. The Kier molecular flexibility index (Phi) is 3.34. The number of nitrogens with one attached hydrogen (secondary N) is 1. The van der Waals surface area contributed by atoms with Crippen LogP contribution in [0.2, 0.25) is 0 Å². The van der Waals surface area contributed by atoms with Crippen molar-refractivity contribution in [2.45, 2.75) is 6.92 Å². The van der Waals surface area contributed by atoms with Gasteiger partial charge in [-0.25, -0.2) is 0 Å². The largest absolute Gasteiger partial charge is 0.314 e. The van der Waals surface area contributed by atoms with Gasteiger partial charge in [-0.15, -0.1) is 0 Å². The van der Waals surface area contributed by atoms with E-state index in [0.717, 1.165) is 32.7 Å². The third-order valence-electron chi connectivity index (χ3n) is 1.96. The van der Waals surface area contributed by atoms with Crippen LogP contribution < -0.4 is 5.32 Å². The van der Waals surface area contributed by atoms with Gasteiger partial charge >= 0.3 is 0 Å². The van der Waals surface area contributed by atoms with Gasteiger partial charge in [0.25, 0.3) is 0 Å². The van der Waals surface area contributed by atoms with Crippen molar-refractivity contribution < 1.29 is 0 Å². The minimum absolute atomic E-state index is 0.174. The van der Waals surface area contributed by atoms with Crippen LogP contribution in [-0.2, 0) is 0 Å². The monoisotopic (exact) mass is 153 g/mol. The molecule has 3 nitrogen and oxygen atoms in total. The van der Waals surface area contributed by atoms with Crippen LogP contribution in [0.1, 0.15) is 6.92 Å². The fraction of sp³-hybridized carbons (Fsp3) is 0.875. The summed E-state index contributed by atoms with van der Waals surface area (Å²) in [5.41, 5.74) is 0. The first-order valence-corrected chi connectivity index (χ1v) is 4.15. The summed E-state index contributed by atoms with van der Waals surface area (Å²) in [7, 11) is 0. The zero-order chi connectivity index (χ0) is 8.10. The molecule has 0 spiro atoms. The van der Waals surface area contributed by atoms with Crippen molar-refractivity contribution in [2.24, 2.45) is 5.92 Å². The lowest BCUT2D eigenvalue weighted by atomic mass is 10.2. The van der Waals surface area contributed by atoms with Gasteiger partial charge in [0, 0.05) is 32.7 Å². The number of hydrogen-bond donors (Lipinski definition) is 1. The van der Waals surface area contributed by atoms with E-state index in [2.05, 4.69) is 16.3 Å². The van der Waals surface area contributed by atoms with E-state index < -0.39 is 0 Å². The summed E-state index contributed by atoms with van der Waals surface area (Å²) in [5, 5.41) is 11.9. The fourth-order valence-electron chi connectivity index (χ4n) is 1.32. The molecule has 0 amide bonds. The van der Waals surface area contributed by atoms with Crippen LogP contribution in [0, 0.1) is 17.2 Å². The molecule has 0 radical (unpaired) electrons. The maximum atomic E-state index is 8.57. The summed E-state index contributed by atoms with van der Waals surface area (Å²) in [4.78, 5) is 2.34. The molecule has 0 saturated carbocycles. The smallest absolute Gasteiger partial charge is 0.0666 e. The summed E-state index contributed by atoms with van der Waals surface area (Å²) in [6, 6.07) is 2.25. The van der Waals surface area contributed by atoms with E-state index in [0.29, 0.717) is 0 Å². The molecule has 0 aromatic rings. The second kappa shape index (κ2) is 4.32. The van der Waals surface area contributed by atoms with Crippen LogP contribution in [-0.4, -0.2) is 37.6 Å². The van der Waals surface area contributed by atoms with Crippen LogP contribution in [0.5, 0.6) is 0 Å². The Labute approximate surface area is 68.0 Å². The number of nitriles is 1. The number of nitrogens with zero attached hydrogens (tertiary/aromatic N) is 2. The van der Waals surface area contributed by atoms with E-state index in [4.69, 9.17) is 5.26 Å². The van der Waals surface area contributed by atoms with Crippen LogP contribution in [0.3, 0.4) is 0 Å². The number of hydrogen-bond acceptors (Lipinski definition) is 3. The molecule has 0 aliphatic carbocycles. The number of piperazine rings is 1. The Balaban J connectivity index is 2.20. The minimum Gasteiger partial charge on any atom is -0.314 e. The molecular weight excluding hydrogens is 138 g/mol. The SMILES string of the molecule is CC(C#N)CN1CCNCC1. The molecule has 1 atom stereocenters. The second-order valence-corrected chi connectivity index (χ2v) is 3.08. The summed E-state index contributed by atoms with van der Waals surface area (Å²) in [5.74, 6) is 0.174. The lowest BCUT2D eigenvalue weighted by Crippen LogP contribution is -2.44. The molecular formula is C8H15N3. The maximum absolute atomic E-state index is 8.57. The molecule has 1 N–H and O–H groups in total. The van der Waals surface area contributed by atoms with Crippen molar-refractivity contribution in [1.29, 1.82) is 5.26 Å². The molecule has 1 unspecified atom stereocenters. The highest BCUT2D eigenvalue weighted by molar-refractivity contribution is 4.82. The standard InChI is InChI=1S/C8H15N3/c1-8(6-9)7-11-4-2-10-3-5-11/h8,10H,2-5,7H2,1H3. The average Bonchev–Trinajstić information content (AvgIpc) is 2.06. The van der Waals surface area contributed by atoms with Gasteiger partial charge in [-0.3, -0.25) is 4.90 Å². The van der Waals surface area contributed by atoms with Crippen molar-refractivity contribution in [3.8, 4) is 6.07 Å². The molecule has 1 aliphatic rings. The lowest BCUT2D eigenvalue weighted by Gasteiger charge is -2.27. The van der Waals surface area contributed by atoms with E-state index in [-0.39, 0.29) is 5.92 Å². The molecule has 11 heavy (non-hydrogen) atoms. The van der Waals surface area contributed by atoms with Gasteiger partial charge in [-0.05, 0) is 6.92 Å². The van der Waals surface area contributed by atoms with Gasteiger partial charge in [-0.2, -0.15) is 5.26 Å². The Morgan fingerprint density at radius 2 is 2.18 bits per heavy atom. The van der Waals surface area contributed by atoms with E-state index in [1.165, 1.54) is 0 Å². The average molecular weight is 153 g/mol. The fourth-order valence-corrected chi connectivity index (χ4v) is 1.32. The van der Waals surface area contributed by atoms with Crippen molar-refractivity contribution >= 4 is 0 Å². The molecule has 0 bridgehead atoms. The summed E-state index contributed by atoms with van der Waals surface area (Å²) >= 11 is 0. The van der Waals surface area contributed by atoms with Crippen molar-refractivity contribution in [3.63, 3.8) is 0 Å². The highest BCUT2D eigenvalue weighted by Crippen LogP contribution is 1.99. The van der Waals surface area contributed by atoms with Crippen molar-refractivity contribution in [3.05, 3.63) is 0 Å². The predicted octanol–water partition coefficient (Wildman–Crippen LogP) is 0.0513. The third-order valence-corrected chi connectivity index (χ3v) is 1.96. The van der Waals surface area contributed by atoms with Gasteiger partial charge < -0.3 is 5.32 Å². The first kappa shape index (κ1) is 8.51. The number of rotatable bonds is 2. The quantitative estimate of drug-likeness (QED) is 0.609. The van der Waals surface area contributed by atoms with E-state index in [1.54, 1.807) is 0 Å². The van der Waals surface area contributed by atoms with Gasteiger partial charge in [0.1, 0.15) is 0 Å². The molecule has 1 heterocycles. The summed E-state index contributed by atoms with van der Waals surface area (Å²) in [6.45, 7) is 7.22. The maximum Gasteiger partial charge on any atom is 0.0666 e. The van der Waals surface area contributed by atoms with Gasteiger partial charge in [-0.1, -0.05) is 0 Å². The van der Waals surface area contributed by atoms with E-state index >= 15 is 0 Å². The van der Waals surface area contributed by atoms with Crippen molar-refractivity contribution in [2.75, 3.05) is 32.7 Å². The normalized spacial score (nSPS) is 22.5. The second-order valence-electron chi connectivity index (χ2n) is 3.08.